The molecule has 0 heterocycles. The molecule has 0 amide bonds. The smallest absolute Gasteiger partial charge is 0.133 e. The average molecular weight is 110 g/mol. The number of Topliss-reactive ketones (excluding diaryl/α,β-unsaturated/α-hetero) is 1. The van der Waals surface area contributed by atoms with Crippen LogP contribution in [0, 0.1) is 11.8 Å². The quantitative estimate of drug-likeness (QED) is 0.491. The number of carbonyl (C=O) groups excluding carboxylic acids is 1. The van der Waals surface area contributed by atoms with E-state index < -0.39 is 0 Å². The van der Waals surface area contributed by atoms with Gasteiger partial charge in [-0.15, -0.1) is 6.58 Å². The van der Waals surface area contributed by atoms with Crippen LogP contribution < -0.4 is 0 Å². The van der Waals surface area contributed by atoms with Crippen LogP contribution in [0.25, 0.3) is 0 Å². The van der Waals surface area contributed by atoms with Gasteiger partial charge in [-0.2, -0.15) is 0 Å². The number of allylic oxidation sites excluding steroid dienone is 1. The predicted molar refractivity (Wildman–Crippen MR) is 32.5 cm³/mol. The molecule has 2 atom stereocenters. The second-order valence-corrected chi connectivity index (χ2v) is 2.35. The van der Waals surface area contributed by atoms with Gasteiger partial charge in [0, 0.05) is 5.92 Å². The second kappa shape index (κ2) is 1.73. The summed E-state index contributed by atoms with van der Waals surface area (Å²) in [6.07, 6.45) is 2.91. The van der Waals surface area contributed by atoms with Crippen molar-refractivity contribution in [2.45, 2.75) is 13.3 Å². The summed E-state index contributed by atoms with van der Waals surface area (Å²) in [7, 11) is 0. The molecule has 0 aromatic carbocycles. The Balaban J connectivity index is 2.36. The lowest BCUT2D eigenvalue weighted by Crippen LogP contribution is -1.92. The maximum atomic E-state index is 10.5. The third kappa shape index (κ3) is 0.808. The van der Waals surface area contributed by atoms with Crippen molar-refractivity contribution < 1.29 is 4.79 Å². The summed E-state index contributed by atoms with van der Waals surface area (Å²) in [6.45, 7) is 5.25. The lowest BCUT2D eigenvalue weighted by Gasteiger charge is -1.82. The zero-order valence-corrected chi connectivity index (χ0v) is 5.05. The van der Waals surface area contributed by atoms with E-state index in [0.29, 0.717) is 17.6 Å². The third-order valence-electron chi connectivity index (χ3n) is 1.66. The molecule has 0 bridgehead atoms. The molecular formula is C7H10O. The standard InChI is InChI=1S/C7H10O/c1-3-6-4-7(6)5(2)8/h3,6-7H,1,4H2,2H3/t6-,7-/m0/s1. The van der Waals surface area contributed by atoms with E-state index in [1.807, 2.05) is 6.08 Å². The lowest BCUT2D eigenvalue weighted by molar-refractivity contribution is -0.118. The molecule has 1 aliphatic carbocycles. The summed E-state index contributed by atoms with van der Waals surface area (Å²) < 4.78 is 0. The molecule has 0 aromatic rings. The fourth-order valence-electron chi connectivity index (χ4n) is 0.943. The Labute approximate surface area is 49.4 Å². The maximum Gasteiger partial charge on any atom is 0.133 e. The Morgan fingerprint density at radius 2 is 2.50 bits per heavy atom. The molecule has 0 aliphatic heterocycles. The summed E-state index contributed by atoms with van der Waals surface area (Å²) in [6, 6.07) is 0. The summed E-state index contributed by atoms with van der Waals surface area (Å²) >= 11 is 0. The van der Waals surface area contributed by atoms with Crippen LogP contribution in [-0.4, -0.2) is 5.78 Å². The first-order valence-corrected chi connectivity index (χ1v) is 2.88. The molecule has 1 fully saturated rings. The van der Waals surface area contributed by atoms with E-state index in [2.05, 4.69) is 6.58 Å². The number of ketones is 1. The molecule has 0 radical (unpaired) electrons. The SMILES string of the molecule is C=C[C@H]1C[C@H]1C(C)=O. The van der Waals surface area contributed by atoms with Gasteiger partial charge < -0.3 is 0 Å². The van der Waals surface area contributed by atoms with E-state index in [-0.39, 0.29) is 0 Å². The fraction of sp³-hybridized carbons (Fsp3) is 0.571. The fourth-order valence-corrected chi connectivity index (χ4v) is 0.943. The Morgan fingerprint density at radius 3 is 2.62 bits per heavy atom. The molecule has 8 heavy (non-hydrogen) atoms. The Kier molecular flexibility index (Phi) is 1.20. The van der Waals surface area contributed by atoms with Crippen LogP contribution in [-0.2, 0) is 4.79 Å². The van der Waals surface area contributed by atoms with Gasteiger partial charge in [0.25, 0.3) is 0 Å². The minimum atomic E-state index is 0.315. The highest BCUT2D eigenvalue weighted by Gasteiger charge is 2.37. The van der Waals surface area contributed by atoms with Gasteiger partial charge in [-0.3, -0.25) is 4.79 Å². The molecule has 0 spiro atoms. The van der Waals surface area contributed by atoms with Crippen LogP contribution in [0.2, 0.25) is 0 Å². The molecular weight excluding hydrogens is 100 g/mol. The van der Waals surface area contributed by atoms with Gasteiger partial charge in [0.15, 0.2) is 0 Å². The highest BCUT2D eigenvalue weighted by atomic mass is 16.1. The second-order valence-electron chi connectivity index (χ2n) is 2.35. The first-order valence-electron chi connectivity index (χ1n) is 2.88. The molecule has 1 aliphatic rings. The van der Waals surface area contributed by atoms with Crippen LogP contribution in [0.1, 0.15) is 13.3 Å². The van der Waals surface area contributed by atoms with Gasteiger partial charge in [0.2, 0.25) is 0 Å². The first-order chi connectivity index (χ1) is 3.75. The van der Waals surface area contributed by atoms with Crippen molar-refractivity contribution in [2.75, 3.05) is 0 Å². The van der Waals surface area contributed by atoms with Crippen molar-refractivity contribution in [2.24, 2.45) is 11.8 Å². The van der Waals surface area contributed by atoms with Crippen molar-refractivity contribution in [3.8, 4) is 0 Å². The van der Waals surface area contributed by atoms with Crippen LogP contribution in [0.3, 0.4) is 0 Å². The lowest BCUT2D eigenvalue weighted by atomic mass is 10.2. The van der Waals surface area contributed by atoms with Crippen LogP contribution in [0.4, 0.5) is 0 Å². The van der Waals surface area contributed by atoms with Gasteiger partial charge in [-0.1, -0.05) is 6.08 Å². The normalized spacial score (nSPS) is 34.1. The summed E-state index contributed by atoms with van der Waals surface area (Å²) in [5, 5.41) is 0. The predicted octanol–water partition coefficient (Wildman–Crippen LogP) is 1.40. The van der Waals surface area contributed by atoms with Gasteiger partial charge >= 0.3 is 0 Å². The van der Waals surface area contributed by atoms with E-state index in [0.717, 1.165) is 6.42 Å². The highest BCUT2D eigenvalue weighted by Crippen LogP contribution is 2.39. The van der Waals surface area contributed by atoms with Crippen molar-refractivity contribution in [1.82, 2.24) is 0 Å². The molecule has 1 nitrogen and oxygen atoms in total. The van der Waals surface area contributed by atoms with Crippen molar-refractivity contribution in [1.29, 1.82) is 0 Å². The van der Waals surface area contributed by atoms with Gasteiger partial charge in [-0.05, 0) is 19.3 Å². The Bertz CT molecular complexity index is 126. The zero-order chi connectivity index (χ0) is 6.15. The van der Waals surface area contributed by atoms with Gasteiger partial charge in [-0.25, -0.2) is 0 Å². The van der Waals surface area contributed by atoms with Crippen molar-refractivity contribution in [3.05, 3.63) is 12.7 Å². The van der Waals surface area contributed by atoms with E-state index in [9.17, 15) is 4.79 Å². The molecule has 0 unspecified atom stereocenters. The van der Waals surface area contributed by atoms with Crippen molar-refractivity contribution in [3.63, 3.8) is 0 Å². The molecule has 44 valence electrons. The maximum absolute atomic E-state index is 10.5. The molecule has 0 aromatic heterocycles. The summed E-state index contributed by atoms with van der Waals surface area (Å²) in [4.78, 5) is 10.5. The summed E-state index contributed by atoms with van der Waals surface area (Å²) in [5.41, 5.74) is 0. The Morgan fingerprint density at radius 1 is 1.88 bits per heavy atom. The monoisotopic (exact) mass is 110 g/mol. The molecule has 1 saturated carbocycles. The number of rotatable bonds is 2. The Hall–Kier alpha value is -0.590. The number of hydrogen-bond donors (Lipinski definition) is 0. The van der Waals surface area contributed by atoms with E-state index in [1.165, 1.54) is 0 Å². The average Bonchev–Trinajstić information content (AvgIpc) is 2.42. The zero-order valence-electron chi connectivity index (χ0n) is 5.05. The summed E-state index contributed by atoms with van der Waals surface area (Å²) in [5.74, 6) is 1.15. The minimum absolute atomic E-state index is 0.315. The topological polar surface area (TPSA) is 17.1 Å². The minimum Gasteiger partial charge on any atom is -0.300 e. The number of hydrogen-bond acceptors (Lipinski definition) is 1. The molecule has 1 heteroatoms. The van der Waals surface area contributed by atoms with E-state index in [4.69, 9.17) is 0 Å². The molecule has 0 saturated heterocycles. The third-order valence-corrected chi connectivity index (χ3v) is 1.66. The molecule has 1 rings (SSSR count). The largest absolute Gasteiger partial charge is 0.300 e. The highest BCUT2D eigenvalue weighted by molar-refractivity contribution is 5.81. The van der Waals surface area contributed by atoms with Crippen LogP contribution in [0.15, 0.2) is 12.7 Å². The van der Waals surface area contributed by atoms with Crippen LogP contribution >= 0.6 is 0 Å². The number of carbonyl (C=O) groups is 1. The van der Waals surface area contributed by atoms with Crippen molar-refractivity contribution >= 4 is 5.78 Å². The van der Waals surface area contributed by atoms with Gasteiger partial charge in [0.1, 0.15) is 5.78 Å². The van der Waals surface area contributed by atoms with E-state index >= 15 is 0 Å². The van der Waals surface area contributed by atoms with E-state index in [1.54, 1.807) is 6.92 Å². The van der Waals surface area contributed by atoms with Crippen LogP contribution in [0.5, 0.6) is 0 Å². The van der Waals surface area contributed by atoms with Gasteiger partial charge in [0.05, 0.1) is 0 Å². The first kappa shape index (κ1) is 5.54. The molecule has 0 N–H and O–H groups in total.